The molecule has 1 aromatic carbocycles. The summed E-state index contributed by atoms with van der Waals surface area (Å²) >= 11 is 0. The third kappa shape index (κ3) is 4.24. The molecule has 2 fully saturated rings. The van der Waals surface area contributed by atoms with Gasteiger partial charge in [0.05, 0.1) is 6.54 Å². The molecule has 2 aliphatic heterocycles. The maximum absolute atomic E-state index is 13.2. The zero-order valence-corrected chi connectivity index (χ0v) is 13.7. The molecule has 2 amide bonds. The van der Waals surface area contributed by atoms with Crippen LogP contribution in [-0.4, -0.2) is 54.6 Å². The lowest BCUT2D eigenvalue weighted by atomic mass is 9.91. The van der Waals surface area contributed by atoms with E-state index in [0.717, 1.165) is 44.3 Å². The molecule has 2 aliphatic rings. The highest BCUT2D eigenvalue weighted by Gasteiger charge is 2.29. The molecule has 1 aromatic rings. The molecule has 0 N–H and O–H groups in total. The molecule has 2 saturated heterocycles. The van der Waals surface area contributed by atoms with Gasteiger partial charge in [-0.3, -0.25) is 9.69 Å². The number of rotatable bonds is 5. The Kier molecular flexibility index (Phi) is 5.33. The first-order valence-corrected chi connectivity index (χ1v) is 8.56. The molecule has 0 spiro atoms. The smallest absolute Gasteiger partial charge is 0.410 e. The number of likely N-dealkylation sites (tertiary alicyclic amines) is 1. The molecule has 1 unspecified atom stereocenters. The van der Waals surface area contributed by atoms with Gasteiger partial charge in [0.25, 0.3) is 0 Å². The number of hydrogen-bond acceptors (Lipinski definition) is 3. The standard InChI is InChI=1S/C18H23FN2O3/c19-16-5-1-3-14(11-16)6-7-15-4-2-8-20(12-15)17(22)13-21-9-10-24-18(21)23/h1,3,5,11,15H,2,4,6-10,12-13H2. The van der Waals surface area contributed by atoms with Crippen LogP contribution in [0.1, 0.15) is 24.8 Å². The fraction of sp³-hybridized carbons (Fsp3) is 0.556. The molecule has 0 saturated carbocycles. The molecule has 2 heterocycles. The van der Waals surface area contributed by atoms with Crippen LogP contribution in [0.15, 0.2) is 24.3 Å². The molecule has 0 radical (unpaired) electrons. The van der Waals surface area contributed by atoms with E-state index in [1.54, 1.807) is 12.1 Å². The Morgan fingerprint density at radius 1 is 1.33 bits per heavy atom. The molecule has 0 aliphatic carbocycles. The predicted octanol–water partition coefficient (Wildman–Crippen LogP) is 2.45. The van der Waals surface area contributed by atoms with E-state index in [4.69, 9.17) is 4.74 Å². The van der Waals surface area contributed by atoms with Gasteiger partial charge < -0.3 is 9.64 Å². The molecular weight excluding hydrogens is 311 g/mol. The van der Waals surface area contributed by atoms with E-state index < -0.39 is 6.09 Å². The molecule has 130 valence electrons. The predicted molar refractivity (Wildman–Crippen MR) is 86.9 cm³/mol. The van der Waals surface area contributed by atoms with E-state index in [1.165, 1.54) is 11.0 Å². The number of ether oxygens (including phenoxy) is 1. The molecule has 6 heteroatoms. The van der Waals surface area contributed by atoms with Gasteiger partial charge >= 0.3 is 6.09 Å². The number of nitrogens with zero attached hydrogens (tertiary/aromatic N) is 2. The monoisotopic (exact) mass is 334 g/mol. The summed E-state index contributed by atoms with van der Waals surface area (Å²) in [7, 11) is 0. The Morgan fingerprint density at radius 2 is 2.21 bits per heavy atom. The highest BCUT2D eigenvalue weighted by Crippen LogP contribution is 2.22. The Balaban J connectivity index is 1.48. The Hall–Kier alpha value is -2.11. The van der Waals surface area contributed by atoms with Crippen molar-refractivity contribution in [3.05, 3.63) is 35.6 Å². The van der Waals surface area contributed by atoms with Crippen LogP contribution in [0.25, 0.3) is 0 Å². The first-order valence-electron chi connectivity index (χ1n) is 8.56. The Bertz CT molecular complexity index is 608. The van der Waals surface area contributed by atoms with Crippen LogP contribution in [-0.2, 0) is 16.0 Å². The quantitative estimate of drug-likeness (QED) is 0.831. The normalized spacial score (nSPS) is 21.0. The van der Waals surface area contributed by atoms with E-state index in [9.17, 15) is 14.0 Å². The van der Waals surface area contributed by atoms with Crippen molar-refractivity contribution in [3.63, 3.8) is 0 Å². The van der Waals surface area contributed by atoms with Gasteiger partial charge in [0.2, 0.25) is 5.91 Å². The van der Waals surface area contributed by atoms with Gasteiger partial charge in [0.15, 0.2) is 0 Å². The van der Waals surface area contributed by atoms with Gasteiger partial charge in [0.1, 0.15) is 19.0 Å². The molecule has 5 nitrogen and oxygen atoms in total. The number of benzene rings is 1. The van der Waals surface area contributed by atoms with E-state index in [2.05, 4.69) is 0 Å². The topological polar surface area (TPSA) is 49.9 Å². The van der Waals surface area contributed by atoms with Crippen LogP contribution in [0.2, 0.25) is 0 Å². The van der Waals surface area contributed by atoms with Crippen LogP contribution in [0.3, 0.4) is 0 Å². The van der Waals surface area contributed by atoms with Crippen LogP contribution < -0.4 is 0 Å². The van der Waals surface area contributed by atoms with Gasteiger partial charge in [-0.25, -0.2) is 9.18 Å². The van der Waals surface area contributed by atoms with Crippen molar-refractivity contribution in [1.29, 1.82) is 0 Å². The van der Waals surface area contributed by atoms with Crippen molar-refractivity contribution in [3.8, 4) is 0 Å². The summed E-state index contributed by atoms with van der Waals surface area (Å²) in [6.07, 6.45) is 3.43. The number of carbonyl (C=O) groups is 2. The number of aryl methyl sites for hydroxylation is 1. The Labute approximate surface area is 141 Å². The molecule has 0 aromatic heterocycles. The minimum Gasteiger partial charge on any atom is -0.448 e. The third-order valence-electron chi connectivity index (χ3n) is 4.77. The van der Waals surface area contributed by atoms with Gasteiger partial charge in [-0.1, -0.05) is 12.1 Å². The minimum atomic E-state index is -0.400. The molecule has 24 heavy (non-hydrogen) atoms. The third-order valence-corrected chi connectivity index (χ3v) is 4.77. The fourth-order valence-electron chi connectivity index (χ4n) is 3.42. The van der Waals surface area contributed by atoms with Gasteiger partial charge in [-0.2, -0.15) is 0 Å². The lowest BCUT2D eigenvalue weighted by Gasteiger charge is -2.33. The Morgan fingerprint density at radius 3 is 2.96 bits per heavy atom. The maximum atomic E-state index is 13.2. The summed E-state index contributed by atoms with van der Waals surface area (Å²) in [4.78, 5) is 27.1. The largest absolute Gasteiger partial charge is 0.448 e. The SMILES string of the molecule is O=C(CN1CCOC1=O)N1CCCC(CCc2cccc(F)c2)C1. The van der Waals surface area contributed by atoms with Crippen molar-refractivity contribution in [1.82, 2.24) is 9.80 Å². The number of hydrogen-bond donors (Lipinski definition) is 0. The van der Waals surface area contributed by atoms with Crippen molar-refractivity contribution in [2.24, 2.45) is 5.92 Å². The number of carbonyl (C=O) groups excluding carboxylic acids is 2. The van der Waals surface area contributed by atoms with Gasteiger partial charge in [-0.15, -0.1) is 0 Å². The molecular formula is C18H23FN2O3. The van der Waals surface area contributed by atoms with Crippen molar-refractivity contribution >= 4 is 12.0 Å². The summed E-state index contributed by atoms with van der Waals surface area (Å²) in [6, 6.07) is 6.70. The second-order valence-electron chi connectivity index (χ2n) is 6.55. The highest BCUT2D eigenvalue weighted by atomic mass is 19.1. The average Bonchev–Trinajstić information content (AvgIpc) is 2.98. The zero-order chi connectivity index (χ0) is 16.9. The van der Waals surface area contributed by atoms with Gasteiger partial charge in [-0.05, 0) is 49.3 Å². The van der Waals surface area contributed by atoms with Crippen LogP contribution in [0.4, 0.5) is 9.18 Å². The molecule has 3 rings (SSSR count). The summed E-state index contributed by atoms with van der Waals surface area (Å²) in [5.41, 5.74) is 0.998. The lowest BCUT2D eigenvalue weighted by Crippen LogP contribution is -2.45. The van der Waals surface area contributed by atoms with Crippen molar-refractivity contribution in [2.75, 3.05) is 32.8 Å². The first kappa shape index (κ1) is 16.7. The van der Waals surface area contributed by atoms with E-state index in [-0.39, 0.29) is 18.3 Å². The van der Waals surface area contributed by atoms with E-state index >= 15 is 0 Å². The number of piperidine rings is 1. The molecule has 1 atom stereocenters. The van der Waals surface area contributed by atoms with Crippen LogP contribution in [0, 0.1) is 11.7 Å². The summed E-state index contributed by atoms with van der Waals surface area (Å²) in [6.45, 7) is 2.43. The molecule has 0 bridgehead atoms. The van der Waals surface area contributed by atoms with E-state index in [1.807, 2.05) is 11.0 Å². The summed E-state index contributed by atoms with van der Waals surface area (Å²) in [5, 5.41) is 0. The number of amides is 2. The fourth-order valence-corrected chi connectivity index (χ4v) is 3.42. The highest BCUT2D eigenvalue weighted by molar-refractivity contribution is 5.83. The van der Waals surface area contributed by atoms with Gasteiger partial charge in [0, 0.05) is 13.1 Å². The first-order chi connectivity index (χ1) is 11.6. The summed E-state index contributed by atoms with van der Waals surface area (Å²) < 4.78 is 18.1. The lowest BCUT2D eigenvalue weighted by molar-refractivity contribution is -0.133. The maximum Gasteiger partial charge on any atom is 0.410 e. The second kappa shape index (κ2) is 7.64. The average molecular weight is 334 g/mol. The second-order valence-corrected chi connectivity index (χ2v) is 6.55. The van der Waals surface area contributed by atoms with Crippen LogP contribution in [0.5, 0.6) is 0 Å². The van der Waals surface area contributed by atoms with Crippen molar-refractivity contribution in [2.45, 2.75) is 25.7 Å². The number of halogens is 1. The minimum absolute atomic E-state index is 0.00990. The summed E-state index contributed by atoms with van der Waals surface area (Å²) in [5.74, 6) is 0.214. The van der Waals surface area contributed by atoms with E-state index in [0.29, 0.717) is 19.1 Å². The van der Waals surface area contributed by atoms with Crippen molar-refractivity contribution < 1.29 is 18.7 Å². The van der Waals surface area contributed by atoms with Crippen LogP contribution >= 0.6 is 0 Å². The zero-order valence-electron chi connectivity index (χ0n) is 13.7. The number of cyclic esters (lactones) is 1.